The molecule has 0 saturated heterocycles. The number of hydrogen-bond donors (Lipinski definition) is 1. The van der Waals surface area contributed by atoms with Gasteiger partial charge in [0.2, 0.25) is 0 Å². The fourth-order valence-corrected chi connectivity index (χ4v) is 4.27. The van der Waals surface area contributed by atoms with Gasteiger partial charge >= 0.3 is 0 Å². The minimum absolute atomic E-state index is 0.00780. The number of aromatic amines is 1. The Morgan fingerprint density at radius 3 is 2.37 bits per heavy atom. The smallest absolute Gasteiger partial charge is 0.0689 e. The Hall–Kier alpha value is -1.75. The van der Waals surface area contributed by atoms with Crippen LogP contribution in [0.5, 0.6) is 0 Å². The van der Waals surface area contributed by atoms with Crippen LogP contribution in [-0.4, -0.2) is 4.98 Å². The minimum Gasteiger partial charge on any atom is -0.361 e. The highest BCUT2D eigenvalue weighted by atomic mass is 14.7. The molecule has 19 heavy (non-hydrogen) atoms. The van der Waals surface area contributed by atoms with Gasteiger partial charge in [0.25, 0.3) is 0 Å². The number of hydrogen-bond acceptors (Lipinski definition) is 1. The van der Waals surface area contributed by atoms with Gasteiger partial charge in [-0.2, -0.15) is 5.26 Å². The predicted molar refractivity (Wildman–Crippen MR) is 75.7 cm³/mol. The number of benzene rings is 1. The van der Waals surface area contributed by atoms with Crippen LogP contribution >= 0.6 is 0 Å². The zero-order chi connectivity index (χ0) is 12.9. The monoisotopic (exact) mass is 250 g/mol. The fourth-order valence-electron chi connectivity index (χ4n) is 4.27. The topological polar surface area (TPSA) is 39.6 Å². The Balaban J connectivity index is 1.80. The van der Waals surface area contributed by atoms with Crippen molar-refractivity contribution in [3.63, 3.8) is 0 Å². The number of H-pyrrole nitrogens is 1. The zero-order valence-corrected chi connectivity index (χ0v) is 11.1. The number of nitrogens with zero attached hydrogens (tertiary/aromatic N) is 1. The summed E-state index contributed by atoms with van der Waals surface area (Å²) in [4.78, 5) is 3.42. The van der Waals surface area contributed by atoms with Gasteiger partial charge in [0.1, 0.15) is 0 Å². The molecular formula is C17H18N2. The molecule has 3 fully saturated rings. The van der Waals surface area contributed by atoms with Crippen LogP contribution in [-0.2, 0) is 5.41 Å². The summed E-state index contributed by atoms with van der Waals surface area (Å²) in [6.45, 7) is 0. The molecule has 3 aliphatic rings. The predicted octanol–water partition coefficient (Wildman–Crippen LogP) is 4.28. The van der Waals surface area contributed by atoms with Crippen molar-refractivity contribution in [2.45, 2.75) is 43.9 Å². The van der Waals surface area contributed by atoms with Crippen LogP contribution in [0, 0.1) is 16.7 Å². The van der Waals surface area contributed by atoms with Crippen molar-refractivity contribution in [2.75, 3.05) is 0 Å². The van der Waals surface area contributed by atoms with Gasteiger partial charge in [-0.25, -0.2) is 0 Å². The highest BCUT2D eigenvalue weighted by molar-refractivity contribution is 5.84. The molecule has 1 aromatic heterocycles. The lowest BCUT2D eigenvalue weighted by molar-refractivity contribution is 0.0858. The van der Waals surface area contributed by atoms with Crippen LogP contribution in [0.2, 0.25) is 0 Å². The summed E-state index contributed by atoms with van der Waals surface area (Å²) in [5, 5.41) is 10.8. The first-order chi connectivity index (χ1) is 9.27. The van der Waals surface area contributed by atoms with Crippen LogP contribution < -0.4 is 0 Å². The van der Waals surface area contributed by atoms with Gasteiger partial charge in [-0.3, -0.25) is 0 Å². The molecule has 1 N–H and O–H groups in total. The van der Waals surface area contributed by atoms with Crippen molar-refractivity contribution in [1.82, 2.24) is 4.98 Å². The lowest BCUT2D eigenvalue weighted by Gasteiger charge is -2.50. The molecule has 0 radical (unpaired) electrons. The first kappa shape index (κ1) is 11.1. The molecule has 2 aromatic rings. The van der Waals surface area contributed by atoms with Crippen molar-refractivity contribution < 1.29 is 0 Å². The minimum atomic E-state index is 0.00780. The number of aromatic nitrogens is 1. The van der Waals surface area contributed by atoms with E-state index in [1.165, 1.54) is 35.7 Å². The zero-order valence-electron chi connectivity index (χ0n) is 11.1. The number of nitriles is 1. The quantitative estimate of drug-likeness (QED) is 0.806. The molecule has 1 heterocycles. The van der Waals surface area contributed by atoms with E-state index in [0.717, 1.165) is 19.3 Å². The molecule has 96 valence electrons. The van der Waals surface area contributed by atoms with Crippen molar-refractivity contribution in [2.24, 2.45) is 5.41 Å². The second kappa shape index (κ2) is 3.63. The van der Waals surface area contributed by atoms with E-state index in [0.29, 0.717) is 5.41 Å². The summed E-state index contributed by atoms with van der Waals surface area (Å²) in [7, 11) is 0. The van der Waals surface area contributed by atoms with Gasteiger partial charge in [-0.05, 0) is 55.6 Å². The lowest BCUT2D eigenvalue weighted by Crippen LogP contribution is -2.43. The maximum absolute atomic E-state index is 9.40. The normalized spacial score (nSPS) is 33.4. The van der Waals surface area contributed by atoms with Crippen molar-refractivity contribution in [1.29, 1.82) is 5.26 Å². The molecule has 0 spiro atoms. The van der Waals surface area contributed by atoms with E-state index >= 15 is 0 Å². The number of nitrogens with one attached hydrogen (secondary N) is 1. The maximum atomic E-state index is 9.40. The fraction of sp³-hybridized carbons (Fsp3) is 0.471. The van der Waals surface area contributed by atoms with E-state index in [1.807, 2.05) is 0 Å². The molecule has 1 aromatic carbocycles. The van der Waals surface area contributed by atoms with E-state index in [4.69, 9.17) is 0 Å². The molecule has 0 unspecified atom stereocenters. The Morgan fingerprint density at radius 1 is 1.00 bits per heavy atom. The molecule has 2 heteroatoms. The summed E-state index contributed by atoms with van der Waals surface area (Å²) < 4.78 is 0. The van der Waals surface area contributed by atoms with Crippen LogP contribution in [0.15, 0.2) is 30.5 Å². The molecular weight excluding hydrogens is 232 g/mol. The molecule has 3 aliphatic carbocycles. The molecule has 2 nitrogen and oxygen atoms in total. The number of para-hydroxylation sites is 1. The van der Waals surface area contributed by atoms with Crippen LogP contribution in [0.25, 0.3) is 10.9 Å². The maximum Gasteiger partial charge on any atom is 0.0689 e. The standard InChI is InChI=1S/C17H18N2/c18-12-16-5-8-17(9-6-16,10-7-16)14-11-19-15-4-2-1-3-13(14)15/h1-4,11,19H,5-10H2. The molecule has 3 saturated carbocycles. The van der Waals surface area contributed by atoms with E-state index in [-0.39, 0.29) is 5.41 Å². The second-order valence-corrected chi connectivity index (χ2v) is 6.42. The first-order valence-electron chi connectivity index (χ1n) is 7.25. The summed E-state index contributed by atoms with van der Waals surface area (Å²) in [6.07, 6.45) is 9.03. The Bertz CT molecular complexity index is 649. The van der Waals surface area contributed by atoms with Gasteiger partial charge < -0.3 is 4.98 Å². The van der Waals surface area contributed by atoms with Gasteiger partial charge in [0.05, 0.1) is 11.5 Å². The van der Waals surface area contributed by atoms with Crippen LogP contribution in [0.3, 0.4) is 0 Å². The molecule has 2 bridgehead atoms. The summed E-state index contributed by atoms with van der Waals surface area (Å²) in [5.41, 5.74) is 3.08. The van der Waals surface area contributed by atoms with E-state index in [2.05, 4.69) is 41.5 Å². The van der Waals surface area contributed by atoms with E-state index < -0.39 is 0 Å². The summed E-state index contributed by atoms with van der Waals surface area (Å²) in [5.74, 6) is 0. The van der Waals surface area contributed by atoms with E-state index in [9.17, 15) is 5.26 Å². The highest BCUT2D eigenvalue weighted by Gasteiger charge is 2.50. The van der Waals surface area contributed by atoms with Gasteiger partial charge in [0, 0.05) is 17.1 Å². The molecule has 0 aliphatic heterocycles. The number of fused-ring (bicyclic) bond motifs is 4. The van der Waals surface area contributed by atoms with Crippen molar-refractivity contribution in [3.05, 3.63) is 36.0 Å². The third kappa shape index (κ3) is 1.42. The SMILES string of the molecule is N#CC12CCC(c3c[nH]c4ccccc34)(CC1)CC2. The third-order valence-electron chi connectivity index (χ3n) is 5.64. The van der Waals surface area contributed by atoms with Crippen molar-refractivity contribution in [3.8, 4) is 6.07 Å². The summed E-state index contributed by atoms with van der Waals surface area (Å²) in [6, 6.07) is 11.2. The first-order valence-corrected chi connectivity index (χ1v) is 7.25. The number of rotatable bonds is 1. The van der Waals surface area contributed by atoms with Gasteiger partial charge in [-0.1, -0.05) is 18.2 Å². The average Bonchev–Trinajstić information content (AvgIpc) is 2.94. The largest absolute Gasteiger partial charge is 0.361 e. The third-order valence-corrected chi connectivity index (χ3v) is 5.64. The second-order valence-electron chi connectivity index (χ2n) is 6.42. The van der Waals surface area contributed by atoms with Crippen LogP contribution in [0.1, 0.15) is 44.1 Å². The van der Waals surface area contributed by atoms with Gasteiger partial charge in [0.15, 0.2) is 0 Å². The molecule has 5 rings (SSSR count). The Morgan fingerprint density at radius 2 is 1.68 bits per heavy atom. The molecule has 0 atom stereocenters. The van der Waals surface area contributed by atoms with Crippen molar-refractivity contribution >= 4 is 10.9 Å². The average molecular weight is 250 g/mol. The molecule has 0 amide bonds. The highest BCUT2D eigenvalue weighted by Crippen LogP contribution is 2.58. The lowest BCUT2D eigenvalue weighted by atomic mass is 9.52. The van der Waals surface area contributed by atoms with Gasteiger partial charge in [-0.15, -0.1) is 0 Å². The summed E-state index contributed by atoms with van der Waals surface area (Å²) >= 11 is 0. The van der Waals surface area contributed by atoms with E-state index in [1.54, 1.807) is 0 Å². The Kier molecular flexibility index (Phi) is 2.12. The Labute approximate surface area is 113 Å². The van der Waals surface area contributed by atoms with Crippen LogP contribution in [0.4, 0.5) is 0 Å².